The lowest BCUT2D eigenvalue weighted by Crippen LogP contribution is -2.36. The number of carbonyl (C=O) groups excluding carboxylic acids is 2. The van der Waals surface area contributed by atoms with Crippen LogP contribution in [0.4, 0.5) is 18.9 Å². The highest BCUT2D eigenvalue weighted by Crippen LogP contribution is 2.29. The number of halogens is 3. The summed E-state index contributed by atoms with van der Waals surface area (Å²) in [6.45, 7) is -0.537. The summed E-state index contributed by atoms with van der Waals surface area (Å²) in [6, 6.07) is 3.97. The van der Waals surface area contributed by atoms with Gasteiger partial charge >= 0.3 is 6.18 Å². The van der Waals surface area contributed by atoms with E-state index in [0.717, 1.165) is 24.3 Å². The second kappa shape index (κ2) is 6.19. The normalized spacial score (nSPS) is 10.9. The molecule has 0 aliphatic rings. The Balaban J connectivity index is 2.54. The van der Waals surface area contributed by atoms with Crippen molar-refractivity contribution in [1.29, 1.82) is 0 Å². The number of amides is 2. The number of carbonyl (C=O) groups is 2. The molecule has 1 aromatic carbocycles. The summed E-state index contributed by atoms with van der Waals surface area (Å²) in [6.07, 6.45) is -4.42. The summed E-state index contributed by atoms with van der Waals surface area (Å²) < 4.78 is 36.9. The van der Waals surface area contributed by atoms with Gasteiger partial charge in [-0.25, -0.2) is 0 Å². The van der Waals surface area contributed by atoms with E-state index in [1.54, 1.807) is 0 Å². The summed E-state index contributed by atoms with van der Waals surface area (Å²) >= 11 is 0. The molecule has 0 fully saturated rings. The Morgan fingerprint density at radius 2 is 1.68 bits per heavy atom. The van der Waals surface area contributed by atoms with Gasteiger partial charge in [0.2, 0.25) is 11.8 Å². The maximum Gasteiger partial charge on any atom is 0.416 e. The Morgan fingerprint density at radius 3 is 2.16 bits per heavy atom. The van der Waals surface area contributed by atoms with Gasteiger partial charge in [-0.05, 0) is 24.3 Å². The minimum atomic E-state index is -4.42. The number of nitrogens with one attached hydrogen (secondary N) is 2. The zero-order valence-corrected chi connectivity index (χ0v) is 9.75. The van der Waals surface area contributed by atoms with Gasteiger partial charge < -0.3 is 16.4 Å². The summed E-state index contributed by atoms with van der Waals surface area (Å²) in [7, 11) is 0. The number of hydrogen-bond donors (Lipinski definition) is 3. The number of rotatable bonds is 4. The standard InChI is InChI=1S/C11H12F3N3O2/c12-11(13,14)7-1-3-8(4-2-7)17-10(19)6-16-9(18)5-15/h1-4H,5-6,15H2,(H,16,18)(H,17,19). The van der Waals surface area contributed by atoms with Crippen LogP contribution < -0.4 is 16.4 Å². The van der Waals surface area contributed by atoms with E-state index in [1.165, 1.54) is 0 Å². The molecule has 1 aromatic rings. The molecule has 0 radical (unpaired) electrons. The van der Waals surface area contributed by atoms with Gasteiger partial charge in [0, 0.05) is 5.69 Å². The van der Waals surface area contributed by atoms with Gasteiger partial charge in [0.05, 0.1) is 18.7 Å². The zero-order valence-electron chi connectivity index (χ0n) is 9.75. The predicted molar refractivity (Wildman–Crippen MR) is 62.1 cm³/mol. The molecule has 0 unspecified atom stereocenters. The smallest absolute Gasteiger partial charge is 0.346 e. The van der Waals surface area contributed by atoms with Gasteiger partial charge in [-0.2, -0.15) is 13.2 Å². The summed E-state index contributed by atoms with van der Waals surface area (Å²) in [4.78, 5) is 22.1. The highest BCUT2D eigenvalue weighted by molar-refractivity contribution is 5.94. The Bertz CT molecular complexity index is 457. The first-order valence-electron chi connectivity index (χ1n) is 5.27. The first-order valence-corrected chi connectivity index (χ1v) is 5.27. The minimum absolute atomic E-state index is 0.208. The monoisotopic (exact) mass is 275 g/mol. The first-order chi connectivity index (χ1) is 8.82. The average molecular weight is 275 g/mol. The fourth-order valence-electron chi connectivity index (χ4n) is 1.20. The van der Waals surface area contributed by atoms with Gasteiger partial charge in [-0.15, -0.1) is 0 Å². The van der Waals surface area contributed by atoms with E-state index in [0.29, 0.717) is 0 Å². The Hall–Kier alpha value is -2.09. The van der Waals surface area contributed by atoms with Gasteiger partial charge in [-0.1, -0.05) is 0 Å². The fourth-order valence-corrected chi connectivity index (χ4v) is 1.20. The molecule has 0 aliphatic carbocycles. The molecule has 0 aromatic heterocycles. The van der Waals surface area contributed by atoms with E-state index < -0.39 is 23.6 Å². The van der Waals surface area contributed by atoms with E-state index in [2.05, 4.69) is 10.6 Å². The van der Waals surface area contributed by atoms with Crippen LogP contribution in [-0.2, 0) is 15.8 Å². The number of nitrogens with two attached hydrogens (primary N) is 1. The van der Waals surface area contributed by atoms with Crippen LogP contribution in [-0.4, -0.2) is 24.9 Å². The average Bonchev–Trinajstić information content (AvgIpc) is 2.35. The van der Waals surface area contributed by atoms with Crippen molar-refractivity contribution in [3.05, 3.63) is 29.8 Å². The first kappa shape index (κ1) is 15.0. The molecule has 4 N–H and O–H groups in total. The third-order valence-corrected chi connectivity index (χ3v) is 2.13. The molecule has 0 spiro atoms. The highest BCUT2D eigenvalue weighted by atomic mass is 19.4. The summed E-state index contributed by atoms with van der Waals surface area (Å²) in [5.41, 5.74) is 4.42. The Morgan fingerprint density at radius 1 is 1.11 bits per heavy atom. The van der Waals surface area contributed by atoms with Crippen molar-refractivity contribution >= 4 is 17.5 Å². The van der Waals surface area contributed by atoms with Crippen molar-refractivity contribution in [2.24, 2.45) is 5.73 Å². The van der Waals surface area contributed by atoms with Crippen molar-refractivity contribution < 1.29 is 22.8 Å². The third kappa shape index (κ3) is 4.96. The molecule has 0 bridgehead atoms. The zero-order chi connectivity index (χ0) is 14.5. The van der Waals surface area contributed by atoms with Gasteiger partial charge in [0.1, 0.15) is 0 Å². The molecule has 0 atom stereocenters. The highest BCUT2D eigenvalue weighted by Gasteiger charge is 2.29. The molecule has 19 heavy (non-hydrogen) atoms. The van der Waals surface area contributed by atoms with Crippen LogP contribution in [0.15, 0.2) is 24.3 Å². The van der Waals surface area contributed by atoms with Crippen LogP contribution in [0.3, 0.4) is 0 Å². The topological polar surface area (TPSA) is 84.2 Å². The van der Waals surface area contributed by atoms with Crippen LogP contribution in [0.2, 0.25) is 0 Å². The maximum absolute atomic E-state index is 12.3. The van der Waals surface area contributed by atoms with Crippen molar-refractivity contribution in [3.8, 4) is 0 Å². The van der Waals surface area contributed by atoms with Crippen molar-refractivity contribution in [2.45, 2.75) is 6.18 Å². The lowest BCUT2D eigenvalue weighted by Gasteiger charge is -2.09. The summed E-state index contributed by atoms with van der Waals surface area (Å²) in [5, 5.41) is 4.57. The number of benzene rings is 1. The van der Waals surface area contributed by atoms with E-state index in [4.69, 9.17) is 5.73 Å². The third-order valence-electron chi connectivity index (χ3n) is 2.13. The van der Waals surface area contributed by atoms with Crippen LogP contribution in [0.25, 0.3) is 0 Å². The number of alkyl halides is 3. The van der Waals surface area contributed by atoms with Crippen molar-refractivity contribution in [2.75, 3.05) is 18.4 Å². The van der Waals surface area contributed by atoms with Gasteiger partial charge in [0.15, 0.2) is 0 Å². The molecule has 0 aliphatic heterocycles. The Labute approximate surface area is 107 Å². The molecule has 1 rings (SSSR count). The molecule has 104 valence electrons. The molecular weight excluding hydrogens is 263 g/mol. The molecular formula is C11H12F3N3O2. The predicted octanol–water partition coefficient (Wildman–Crippen LogP) is 0.719. The van der Waals surface area contributed by atoms with Crippen molar-refractivity contribution in [1.82, 2.24) is 5.32 Å². The van der Waals surface area contributed by atoms with Crippen LogP contribution in [0, 0.1) is 0 Å². The minimum Gasteiger partial charge on any atom is -0.346 e. The van der Waals surface area contributed by atoms with Crippen LogP contribution in [0.1, 0.15) is 5.56 Å². The fraction of sp³-hybridized carbons (Fsp3) is 0.273. The maximum atomic E-state index is 12.3. The SMILES string of the molecule is NCC(=O)NCC(=O)Nc1ccc(C(F)(F)F)cc1. The lowest BCUT2D eigenvalue weighted by molar-refractivity contribution is -0.137. The largest absolute Gasteiger partial charge is 0.416 e. The van der Waals surface area contributed by atoms with E-state index in [-0.39, 0.29) is 18.8 Å². The van der Waals surface area contributed by atoms with Gasteiger partial charge in [-0.3, -0.25) is 9.59 Å². The molecule has 2 amide bonds. The summed E-state index contributed by atoms with van der Waals surface area (Å²) in [5.74, 6) is -1.05. The van der Waals surface area contributed by atoms with E-state index in [9.17, 15) is 22.8 Å². The van der Waals surface area contributed by atoms with Crippen LogP contribution in [0.5, 0.6) is 0 Å². The van der Waals surface area contributed by atoms with Gasteiger partial charge in [0.25, 0.3) is 0 Å². The lowest BCUT2D eigenvalue weighted by atomic mass is 10.2. The molecule has 0 heterocycles. The van der Waals surface area contributed by atoms with E-state index in [1.807, 2.05) is 0 Å². The Kier molecular flexibility index (Phi) is 4.87. The second-order valence-electron chi connectivity index (χ2n) is 3.60. The molecule has 5 nitrogen and oxygen atoms in total. The second-order valence-corrected chi connectivity index (χ2v) is 3.60. The number of anilines is 1. The molecule has 8 heteroatoms. The quantitative estimate of drug-likeness (QED) is 0.757. The van der Waals surface area contributed by atoms with E-state index >= 15 is 0 Å². The van der Waals surface area contributed by atoms with Crippen molar-refractivity contribution in [3.63, 3.8) is 0 Å². The molecule has 0 saturated heterocycles. The number of hydrogen-bond acceptors (Lipinski definition) is 3. The van der Waals surface area contributed by atoms with Crippen LogP contribution >= 0.6 is 0 Å². The molecule has 0 saturated carbocycles.